The zero-order valence-corrected chi connectivity index (χ0v) is 11.6. The first-order valence-corrected chi connectivity index (χ1v) is 7.28. The number of rotatable bonds is 1. The number of benzene rings is 1. The molecular formula is C13H12BrNOS. The topological polar surface area (TPSA) is 33.1 Å². The Balaban J connectivity index is 2.02. The molecule has 0 bridgehead atoms. The average molecular weight is 310 g/mol. The maximum Gasteiger partial charge on any atom is 0.123 e. The highest BCUT2D eigenvalue weighted by Gasteiger charge is 2.22. The van der Waals surface area contributed by atoms with Crippen LogP contribution in [0.4, 0.5) is 0 Å². The predicted molar refractivity (Wildman–Crippen MR) is 73.1 cm³/mol. The second-order valence-electron chi connectivity index (χ2n) is 4.24. The Morgan fingerprint density at radius 3 is 2.76 bits per heavy atom. The first kappa shape index (κ1) is 11.4. The van der Waals surface area contributed by atoms with Gasteiger partial charge in [0.2, 0.25) is 0 Å². The normalized spacial score (nSPS) is 19.1. The third-order valence-corrected chi connectivity index (χ3v) is 4.79. The van der Waals surface area contributed by atoms with Crippen LogP contribution in [0, 0.1) is 0 Å². The SMILES string of the molecule is OC1CCCc2nc(-c3ccc(Br)cc3)sc21. The zero-order chi connectivity index (χ0) is 11.8. The van der Waals surface area contributed by atoms with E-state index < -0.39 is 0 Å². The molecule has 0 aliphatic heterocycles. The summed E-state index contributed by atoms with van der Waals surface area (Å²) >= 11 is 5.05. The highest BCUT2D eigenvalue weighted by molar-refractivity contribution is 9.10. The lowest BCUT2D eigenvalue weighted by molar-refractivity contribution is 0.160. The first-order chi connectivity index (χ1) is 8.24. The van der Waals surface area contributed by atoms with Gasteiger partial charge in [-0.15, -0.1) is 11.3 Å². The van der Waals surface area contributed by atoms with Crippen molar-refractivity contribution in [3.05, 3.63) is 39.3 Å². The molecule has 2 nitrogen and oxygen atoms in total. The van der Waals surface area contributed by atoms with Crippen LogP contribution in [0.15, 0.2) is 28.7 Å². The van der Waals surface area contributed by atoms with E-state index in [-0.39, 0.29) is 6.10 Å². The van der Waals surface area contributed by atoms with E-state index >= 15 is 0 Å². The maximum atomic E-state index is 9.93. The minimum atomic E-state index is -0.305. The van der Waals surface area contributed by atoms with Gasteiger partial charge in [-0.25, -0.2) is 4.98 Å². The van der Waals surface area contributed by atoms with Gasteiger partial charge >= 0.3 is 0 Å². The minimum Gasteiger partial charge on any atom is -0.388 e. The summed E-state index contributed by atoms with van der Waals surface area (Å²) in [5, 5.41) is 10.9. The van der Waals surface area contributed by atoms with Crippen LogP contribution in [0.1, 0.15) is 29.5 Å². The molecule has 0 amide bonds. The minimum absolute atomic E-state index is 0.305. The average Bonchev–Trinajstić information content (AvgIpc) is 2.75. The summed E-state index contributed by atoms with van der Waals surface area (Å²) in [6, 6.07) is 8.15. The molecule has 1 aliphatic carbocycles. The molecule has 88 valence electrons. The van der Waals surface area contributed by atoms with Gasteiger partial charge in [0, 0.05) is 10.0 Å². The van der Waals surface area contributed by atoms with Gasteiger partial charge in [0.25, 0.3) is 0 Å². The van der Waals surface area contributed by atoms with Gasteiger partial charge in [-0.1, -0.05) is 28.1 Å². The van der Waals surface area contributed by atoms with E-state index in [1.165, 1.54) is 0 Å². The third-order valence-electron chi connectivity index (χ3n) is 3.01. The summed E-state index contributed by atoms with van der Waals surface area (Å²) in [6.07, 6.45) is 2.60. The fourth-order valence-corrected chi connectivity index (χ4v) is 3.51. The molecule has 1 N–H and O–H groups in total. The summed E-state index contributed by atoms with van der Waals surface area (Å²) in [6.45, 7) is 0. The number of aryl methyl sites for hydroxylation is 1. The molecule has 1 aromatic carbocycles. The fraction of sp³-hybridized carbons (Fsp3) is 0.308. The Morgan fingerprint density at radius 1 is 1.29 bits per heavy atom. The zero-order valence-electron chi connectivity index (χ0n) is 9.19. The quantitative estimate of drug-likeness (QED) is 0.865. The van der Waals surface area contributed by atoms with Crippen molar-refractivity contribution in [1.82, 2.24) is 4.98 Å². The van der Waals surface area contributed by atoms with Crippen LogP contribution < -0.4 is 0 Å². The van der Waals surface area contributed by atoms with Crippen LogP contribution in [0.3, 0.4) is 0 Å². The molecule has 0 saturated heterocycles. The Labute approximate surface area is 112 Å². The van der Waals surface area contributed by atoms with Crippen molar-refractivity contribution in [3.63, 3.8) is 0 Å². The van der Waals surface area contributed by atoms with Crippen molar-refractivity contribution in [2.24, 2.45) is 0 Å². The molecule has 1 atom stereocenters. The molecule has 1 aliphatic rings. The van der Waals surface area contributed by atoms with Gasteiger partial charge in [0.15, 0.2) is 0 Å². The van der Waals surface area contributed by atoms with Crippen LogP contribution in [-0.4, -0.2) is 10.1 Å². The number of thiazole rings is 1. The number of nitrogens with zero attached hydrogens (tertiary/aromatic N) is 1. The van der Waals surface area contributed by atoms with E-state index in [0.29, 0.717) is 0 Å². The van der Waals surface area contributed by atoms with E-state index in [1.54, 1.807) is 11.3 Å². The fourth-order valence-electron chi connectivity index (χ4n) is 2.11. The maximum absolute atomic E-state index is 9.93. The van der Waals surface area contributed by atoms with Crippen LogP contribution in [0.2, 0.25) is 0 Å². The summed E-state index contributed by atoms with van der Waals surface area (Å²) in [7, 11) is 0. The Hall–Kier alpha value is -0.710. The number of aliphatic hydroxyl groups excluding tert-OH is 1. The molecule has 1 unspecified atom stereocenters. The first-order valence-electron chi connectivity index (χ1n) is 5.67. The largest absolute Gasteiger partial charge is 0.388 e. The molecule has 3 rings (SSSR count). The van der Waals surface area contributed by atoms with Crippen molar-refractivity contribution in [3.8, 4) is 10.6 Å². The van der Waals surface area contributed by atoms with Crippen molar-refractivity contribution in [2.45, 2.75) is 25.4 Å². The van der Waals surface area contributed by atoms with Crippen molar-refractivity contribution >= 4 is 27.3 Å². The molecule has 0 saturated carbocycles. The second kappa shape index (κ2) is 4.52. The van der Waals surface area contributed by atoms with Gasteiger partial charge in [0.05, 0.1) is 16.7 Å². The molecule has 0 spiro atoms. The molecule has 2 aromatic rings. The third kappa shape index (κ3) is 2.17. The molecular weight excluding hydrogens is 298 g/mol. The number of hydrogen-bond donors (Lipinski definition) is 1. The van der Waals surface area contributed by atoms with E-state index in [2.05, 4.69) is 33.0 Å². The molecule has 17 heavy (non-hydrogen) atoms. The van der Waals surface area contributed by atoms with Crippen LogP contribution in [0.25, 0.3) is 10.6 Å². The Kier molecular flexibility index (Phi) is 3.03. The molecule has 0 fully saturated rings. The highest BCUT2D eigenvalue weighted by Crippen LogP contribution is 2.37. The molecule has 1 heterocycles. The number of halogens is 1. The van der Waals surface area contributed by atoms with E-state index in [9.17, 15) is 5.11 Å². The summed E-state index contributed by atoms with van der Waals surface area (Å²) in [4.78, 5) is 5.71. The van der Waals surface area contributed by atoms with E-state index in [4.69, 9.17) is 0 Å². The van der Waals surface area contributed by atoms with Gasteiger partial charge in [-0.2, -0.15) is 0 Å². The Bertz CT molecular complexity index is 535. The van der Waals surface area contributed by atoms with E-state index in [0.717, 1.165) is 44.9 Å². The molecule has 0 radical (unpaired) electrons. The molecule has 4 heteroatoms. The van der Waals surface area contributed by atoms with E-state index in [1.807, 2.05) is 12.1 Å². The number of aliphatic hydroxyl groups is 1. The smallest absolute Gasteiger partial charge is 0.123 e. The van der Waals surface area contributed by atoms with Gasteiger partial charge in [-0.3, -0.25) is 0 Å². The lowest BCUT2D eigenvalue weighted by Crippen LogP contribution is -2.06. The number of fused-ring (bicyclic) bond motifs is 1. The summed E-state index contributed by atoms with van der Waals surface area (Å²) < 4.78 is 1.07. The van der Waals surface area contributed by atoms with Crippen LogP contribution in [0.5, 0.6) is 0 Å². The number of hydrogen-bond acceptors (Lipinski definition) is 3. The standard InChI is InChI=1S/C13H12BrNOS/c14-9-6-4-8(5-7-9)13-15-10-2-1-3-11(16)12(10)17-13/h4-7,11,16H,1-3H2. The highest BCUT2D eigenvalue weighted by atomic mass is 79.9. The van der Waals surface area contributed by atoms with Crippen molar-refractivity contribution < 1.29 is 5.11 Å². The van der Waals surface area contributed by atoms with Crippen LogP contribution >= 0.6 is 27.3 Å². The second-order valence-corrected chi connectivity index (χ2v) is 6.19. The van der Waals surface area contributed by atoms with Gasteiger partial charge in [0.1, 0.15) is 5.01 Å². The van der Waals surface area contributed by atoms with Gasteiger partial charge in [-0.05, 0) is 31.4 Å². The summed E-state index contributed by atoms with van der Waals surface area (Å²) in [5.41, 5.74) is 2.21. The Morgan fingerprint density at radius 2 is 2.06 bits per heavy atom. The molecule has 1 aromatic heterocycles. The monoisotopic (exact) mass is 309 g/mol. The number of aromatic nitrogens is 1. The summed E-state index contributed by atoms with van der Waals surface area (Å²) in [5.74, 6) is 0. The van der Waals surface area contributed by atoms with Crippen LogP contribution in [-0.2, 0) is 6.42 Å². The predicted octanol–water partition coefficient (Wildman–Crippen LogP) is 3.94. The lowest BCUT2D eigenvalue weighted by atomic mass is 10.0. The van der Waals surface area contributed by atoms with Gasteiger partial charge < -0.3 is 5.11 Å². The van der Waals surface area contributed by atoms with Crippen molar-refractivity contribution in [1.29, 1.82) is 0 Å². The lowest BCUT2D eigenvalue weighted by Gasteiger charge is -2.14. The van der Waals surface area contributed by atoms with Crippen molar-refractivity contribution in [2.75, 3.05) is 0 Å².